The summed E-state index contributed by atoms with van der Waals surface area (Å²) >= 11 is 6.13. The van der Waals surface area contributed by atoms with Crippen molar-refractivity contribution >= 4 is 109 Å². The highest BCUT2D eigenvalue weighted by molar-refractivity contribution is 7.89. The van der Waals surface area contributed by atoms with E-state index < -0.39 is 129 Å². The molecule has 2 aliphatic heterocycles. The molecule has 0 aliphatic carbocycles. The molecular weight excluding hydrogens is 1840 g/mol. The summed E-state index contributed by atoms with van der Waals surface area (Å²) in [6.07, 6.45) is -2.32. The van der Waals surface area contributed by atoms with Gasteiger partial charge in [-0.1, -0.05) is 198 Å². The van der Waals surface area contributed by atoms with Gasteiger partial charge in [-0.2, -0.15) is 28.8 Å². The van der Waals surface area contributed by atoms with E-state index in [9.17, 15) is 75.6 Å². The molecule has 39 heteroatoms. The van der Waals surface area contributed by atoms with Crippen LogP contribution in [-0.4, -0.2) is 176 Å². The first-order valence-electron chi connectivity index (χ1n) is 40.9. The lowest BCUT2D eigenvalue weighted by Gasteiger charge is -2.40. The predicted molar refractivity (Wildman–Crippen MR) is 485 cm³/mol. The molecule has 2 unspecified atom stereocenters. The maximum absolute atomic E-state index is 12.1. The highest BCUT2D eigenvalue weighted by Crippen LogP contribution is 2.61. The standard InChI is InChI=1S/C20H20O7.C19H18O6.C17H14O6.C13H19O4P.C12H16ClO3P.C12H19NO2S.3CO2/c1-3-13-4-6-15(7-5-13)20(24)27-17(18(21)22)12-26-19(23)14-8-10-16(25-2)11-9-14;1-12-3-7-14(8-4-12)18(22)24-11-16(17(20)21)25-19(23)15-9-5-13(2)6-10-15;18-15(19)14(23-17(21)13-9-5-2-6-10-13)11-22-16(20)12-7-3-1-4-8-12;1-13(2)8-9-18(14,15)17-12(13)10-6-4-5-7-11(10)16-3;1-12(2)7-8-17(14,15)16-11(12)9-5-3-4-6-10(9)13;1-9(2)11(4)13-16(14,15)12-7-5-10(3)6-8-12;3*2-1-3/h4-11,17H,3,12H2,1-2H3,(H,21,22);3-10,16H,11H2,1-2H3,(H,20,21);1-10,14H,11H2,(H,18,19);4-7,12H,8-9H2,1-3H3,(H,14,15);3-6,11H,7-8H2,1-2H3,(H,14,15);5-9,11,13H,1-4H3;;;/t17-;16-;14-;12-;2*11-;;;/m000000.../s1. The van der Waals surface area contributed by atoms with Crippen LogP contribution in [0.15, 0.2) is 235 Å². The van der Waals surface area contributed by atoms with Gasteiger partial charge in [0, 0.05) is 22.2 Å². The number of benzene rings is 9. The number of nitrogens with one attached hydrogen (secondary N) is 1. The summed E-state index contributed by atoms with van der Waals surface area (Å²) < 4.78 is 101. The zero-order valence-corrected chi connectivity index (χ0v) is 79.3. The molecule has 11 rings (SSSR count). The van der Waals surface area contributed by atoms with E-state index in [1.165, 1.54) is 55.6 Å². The molecule has 9 aromatic carbocycles. The number of hydrogen-bond acceptors (Lipinski definition) is 29. The molecule has 9 aromatic rings. The van der Waals surface area contributed by atoms with Crippen molar-refractivity contribution in [2.75, 3.05) is 46.4 Å². The van der Waals surface area contributed by atoms with Gasteiger partial charge in [-0.25, -0.2) is 56.3 Å². The summed E-state index contributed by atoms with van der Waals surface area (Å²) in [7, 11) is -7.23. The maximum Gasteiger partial charge on any atom is 0.373 e. The third-order valence-electron chi connectivity index (χ3n) is 19.5. The molecular formula is C96H106ClNO34P2S. The normalized spacial score (nSPS) is 16.4. The predicted octanol–water partition coefficient (Wildman–Crippen LogP) is 15.6. The third kappa shape index (κ3) is 41.2. The zero-order chi connectivity index (χ0) is 101. The lowest BCUT2D eigenvalue weighted by atomic mass is 9.80. The molecule has 6 N–H and O–H groups in total. The zero-order valence-electron chi connectivity index (χ0n) is 75.9. The summed E-state index contributed by atoms with van der Waals surface area (Å²) in [4.78, 5) is 174. The molecule has 2 aliphatic rings. The van der Waals surface area contributed by atoms with Gasteiger partial charge < -0.3 is 63.0 Å². The second-order valence-electron chi connectivity index (χ2n) is 30.9. The van der Waals surface area contributed by atoms with Gasteiger partial charge in [0.05, 0.1) is 70.9 Å². The van der Waals surface area contributed by atoms with Gasteiger partial charge in [0.25, 0.3) is 0 Å². The van der Waals surface area contributed by atoms with Crippen LogP contribution in [0.2, 0.25) is 5.02 Å². The van der Waals surface area contributed by atoms with E-state index in [4.69, 9.17) is 97.5 Å². The van der Waals surface area contributed by atoms with E-state index in [1.54, 1.807) is 147 Å². The number of carboxylic acid groups (broad SMARTS) is 3. The lowest BCUT2D eigenvalue weighted by molar-refractivity contribution is -0.193. The summed E-state index contributed by atoms with van der Waals surface area (Å²) in [6, 6.07) is 63.5. The van der Waals surface area contributed by atoms with Crippen molar-refractivity contribution < 1.29 is 162 Å². The Balaban J connectivity index is 0.000000413. The van der Waals surface area contributed by atoms with Gasteiger partial charge in [-0.05, 0) is 178 Å². The van der Waals surface area contributed by atoms with Crippen molar-refractivity contribution in [3.63, 3.8) is 0 Å². The molecule has 0 bridgehead atoms. The third-order valence-corrected chi connectivity index (χ3v) is 24.1. The van der Waals surface area contributed by atoms with Crippen molar-refractivity contribution in [3.05, 3.63) is 302 Å². The van der Waals surface area contributed by atoms with Crippen molar-refractivity contribution in [3.8, 4) is 11.5 Å². The molecule has 0 aromatic heterocycles. The molecule has 2 fully saturated rings. The molecule has 0 amide bonds. The number of aliphatic carboxylic acids is 3. The number of sulfonamides is 1. The number of hydrogen-bond donors (Lipinski definition) is 6. The van der Waals surface area contributed by atoms with E-state index in [0.717, 1.165) is 39.8 Å². The maximum atomic E-state index is 12.1. The number of carbonyl (C=O) groups is 9. The monoisotopic (exact) mass is 1950 g/mol. The number of ether oxygens (including phenoxy) is 8. The molecule has 0 spiro atoms. The van der Waals surface area contributed by atoms with Crippen LogP contribution in [0.3, 0.4) is 0 Å². The van der Waals surface area contributed by atoms with E-state index in [1.807, 2.05) is 119 Å². The van der Waals surface area contributed by atoms with Gasteiger partial charge in [-0.3, -0.25) is 18.2 Å². The van der Waals surface area contributed by atoms with Crippen LogP contribution in [0.1, 0.15) is 176 Å². The molecule has 2 saturated heterocycles. The summed E-state index contributed by atoms with van der Waals surface area (Å²) in [5, 5.41) is 28.0. The molecule has 35 nitrogen and oxygen atoms in total. The Kier molecular flexibility index (Phi) is 49.5. The van der Waals surface area contributed by atoms with Crippen LogP contribution in [0.25, 0.3) is 0 Å². The largest absolute Gasteiger partial charge is 0.497 e. The minimum absolute atomic E-state index is 0.0636. The topological polar surface area (TPSA) is 530 Å². The molecule has 0 saturated carbocycles. The first-order chi connectivity index (χ1) is 63.6. The van der Waals surface area contributed by atoms with Crippen molar-refractivity contribution in [2.24, 2.45) is 16.7 Å². The Bertz CT molecular complexity index is 5640. The summed E-state index contributed by atoms with van der Waals surface area (Å²) in [5.41, 5.74) is 6.72. The quantitative estimate of drug-likeness (QED) is 0.0158. The fourth-order valence-corrected chi connectivity index (χ4v) is 16.4. The number of aryl methyl sites for hydroxylation is 4. The van der Waals surface area contributed by atoms with Gasteiger partial charge in [0.15, 0.2) is 0 Å². The van der Waals surface area contributed by atoms with Crippen LogP contribution in [-0.2, 0) is 106 Å². The lowest BCUT2D eigenvalue weighted by Crippen LogP contribution is -2.36. The molecule has 8 atom stereocenters. The summed E-state index contributed by atoms with van der Waals surface area (Å²) in [6.45, 7) is 19.9. The molecule has 135 heavy (non-hydrogen) atoms. The van der Waals surface area contributed by atoms with Crippen molar-refractivity contribution in [2.45, 2.75) is 137 Å². The fraction of sp³-hybridized carbons (Fsp3) is 0.312. The highest BCUT2D eigenvalue weighted by Gasteiger charge is 2.45. The second kappa shape index (κ2) is 57.8. The SMILES string of the molecule is CC1(C)CCP(=O)(O)O[C@H]1c1ccccc1Cl.CCc1ccc(C(=O)O[C@@H](COC(=O)c2ccc(OC)cc2)C(=O)O)cc1.COc1ccccc1[C@@H]1OP(=O)(O)CCC1(C)C.Cc1ccc(C(=O)OC[C@H](OC(=O)c2ccc(C)cc2)C(=O)O)cc1.Cc1ccc(S(=O)(=O)N[C@@H](C)C(C)C)cc1.O=C(OC[C@H](OC(=O)c1ccccc1)C(=O)O)c1ccccc1.O=C=O.O=C=O.O=C=O. The van der Waals surface area contributed by atoms with E-state index in [0.29, 0.717) is 39.8 Å². The average Bonchev–Trinajstić information content (AvgIpc) is 0.778. The number of rotatable bonds is 27. The number of halogens is 1. The average molecular weight is 1950 g/mol. The van der Waals surface area contributed by atoms with Crippen LogP contribution in [0, 0.1) is 37.5 Å². The smallest absolute Gasteiger partial charge is 0.373 e. The van der Waals surface area contributed by atoms with E-state index in [2.05, 4.69) is 4.72 Å². The van der Waals surface area contributed by atoms with Crippen LogP contribution < -0.4 is 14.2 Å². The van der Waals surface area contributed by atoms with Gasteiger partial charge in [0.2, 0.25) is 28.3 Å². The van der Waals surface area contributed by atoms with Gasteiger partial charge in [-0.15, -0.1) is 0 Å². The molecule has 722 valence electrons. The van der Waals surface area contributed by atoms with Gasteiger partial charge >= 0.3 is 87.4 Å². The number of carboxylic acids is 3. The van der Waals surface area contributed by atoms with Crippen molar-refractivity contribution in [1.29, 1.82) is 0 Å². The highest BCUT2D eigenvalue weighted by atomic mass is 35.5. The Morgan fingerprint density at radius 2 is 0.733 bits per heavy atom. The Labute approximate surface area is 784 Å². The minimum Gasteiger partial charge on any atom is -0.497 e. The number of carbonyl (C=O) groups excluding carboxylic acids is 12. The number of esters is 6. The molecule has 2 heterocycles. The summed E-state index contributed by atoms with van der Waals surface area (Å²) in [5.74, 6) is -7.14. The Morgan fingerprint density at radius 1 is 0.437 bits per heavy atom. The van der Waals surface area contributed by atoms with Crippen LogP contribution in [0.5, 0.6) is 11.5 Å². The fourth-order valence-electron chi connectivity index (χ4n) is 11.4. The number of methoxy groups -OCH3 is 2. The van der Waals surface area contributed by atoms with Crippen LogP contribution in [0.4, 0.5) is 0 Å². The van der Waals surface area contributed by atoms with Crippen molar-refractivity contribution in [1.82, 2.24) is 4.72 Å². The second-order valence-corrected chi connectivity index (χ2v) is 36.9. The van der Waals surface area contributed by atoms with Crippen LogP contribution >= 0.6 is 26.8 Å². The minimum atomic E-state index is -3.47. The van der Waals surface area contributed by atoms with E-state index in [-0.39, 0.29) is 81.4 Å². The first-order valence-corrected chi connectivity index (χ1v) is 46.3. The Morgan fingerprint density at radius 3 is 1.07 bits per heavy atom. The Hall–Kier alpha value is -13.6. The first kappa shape index (κ1) is 116. The van der Waals surface area contributed by atoms with E-state index >= 15 is 0 Å². The van der Waals surface area contributed by atoms with Gasteiger partial charge in [0.1, 0.15) is 37.4 Å². The molecule has 0 radical (unpaired) electrons. The number of para-hydroxylation sites is 1.